The lowest BCUT2D eigenvalue weighted by Gasteiger charge is -2.46. The average molecular weight is 239 g/mol. The van der Waals surface area contributed by atoms with E-state index < -0.39 is 0 Å². The Morgan fingerprint density at radius 2 is 2.00 bits per heavy atom. The molecule has 1 heterocycles. The summed E-state index contributed by atoms with van der Waals surface area (Å²) in [5.41, 5.74) is 0.458. The molecule has 0 aromatic carbocycles. The van der Waals surface area contributed by atoms with E-state index in [2.05, 4.69) is 18.7 Å². The fraction of sp³-hybridized carbons (Fsp3) is 1.00. The summed E-state index contributed by atoms with van der Waals surface area (Å²) in [6.45, 7) is 8.94. The van der Waals surface area contributed by atoms with Crippen LogP contribution in [0.4, 0.5) is 0 Å². The predicted molar refractivity (Wildman–Crippen MR) is 66.8 cm³/mol. The van der Waals surface area contributed by atoms with Crippen molar-refractivity contribution in [3.63, 3.8) is 0 Å². The minimum atomic E-state index is 0.148. The van der Waals surface area contributed by atoms with E-state index in [1.54, 1.807) is 0 Å². The second-order valence-electron chi connectivity index (χ2n) is 6.67. The van der Waals surface area contributed by atoms with E-state index in [1.165, 1.54) is 19.3 Å². The smallest absolute Gasteiger partial charge is 0.0594 e. The van der Waals surface area contributed by atoms with Gasteiger partial charge in [-0.05, 0) is 30.6 Å². The van der Waals surface area contributed by atoms with Gasteiger partial charge in [-0.2, -0.15) is 0 Å². The molecule has 3 nitrogen and oxygen atoms in total. The fourth-order valence-corrected chi connectivity index (χ4v) is 4.80. The molecule has 3 fully saturated rings. The van der Waals surface area contributed by atoms with Crippen LogP contribution in [0, 0.1) is 16.7 Å². The van der Waals surface area contributed by atoms with Gasteiger partial charge in [0.05, 0.1) is 19.8 Å². The highest BCUT2D eigenvalue weighted by Crippen LogP contribution is 2.66. The van der Waals surface area contributed by atoms with Crippen molar-refractivity contribution < 1.29 is 9.84 Å². The summed E-state index contributed by atoms with van der Waals surface area (Å²) in [4.78, 5) is 2.58. The molecule has 0 amide bonds. The second kappa shape index (κ2) is 3.94. The molecule has 1 N–H and O–H groups in total. The topological polar surface area (TPSA) is 32.7 Å². The van der Waals surface area contributed by atoms with Crippen LogP contribution < -0.4 is 0 Å². The summed E-state index contributed by atoms with van der Waals surface area (Å²) < 4.78 is 5.45. The molecule has 0 aromatic heterocycles. The lowest BCUT2D eigenvalue weighted by molar-refractivity contribution is -0.0565. The maximum Gasteiger partial charge on any atom is 0.0594 e. The van der Waals surface area contributed by atoms with Gasteiger partial charge in [0, 0.05) is 24.5 Å². The summed E-state index contributed by atoms with van der Waals surface area (Å²) in [5, 5.41) is 10.0. The largest absolute Gasteiger partial charge is 0.396 e. The monoisotopic (exact) mass is 239 g/mol. The molecule has 1 aliphatic heterocycles. The Kier molecular flexibility index (Phi) is 2.77. The van der Waals surface area contributed by atoms with Crippen molar-refractivity contribution in [2.24, 2.45) is 16.7 Å². The third kappa shape index (κ3) is 1.45. The lowest BCUT2D eigenvalue weighted by atomic mass is 9.67. The molecular weight excluding hydrogens is 214 g/mol. The van der Waals surface area contributed by atoms with Gasteiger partial charge in [0.2, 0.25) is 0 Å². The molecule has 0 radical (unpaired) electrons. The van der Waals surface area contributed by atoms with Crippen LogP contribution in [-0.4, -0.2) is 49.0 Å². The Bertz CT molecular complexity index is 299. The van der Waals surface area contributed by atoms with Gasteiger partial charge in [-0.15, -0.1) is 0 Å². The van der Waals surface area contributed by atoms with Gasteiger partial charge in [0.15, 0.2) is 0 Å². The zero-order valence-corrected chi connectivity index (χ0v) is 11.1. The summed E-state index contributed by atoms with van der Waals surface area (Å²) >= 11 is 0. The molecule has 3 rings (SSSR count). The molecular formula is C14H25NO2. The van der Waals surface area contributed by atoms with Gasteiger partial charge < -0.3 is 9.84 Å². The molecule has 0 unspecified atom stereocenters. The van der Waals surface area contributed by atoms with Crippen molar-refractivity contribution in [3.05, 3.63) is 0 Å². The van der Waals surface area contributed by atoms with Crippen molar-refractivity contribution >= 4 is 0 Å². The molecule has 0 spiro atoms. The number of aliphatic hydroxyl groups is 1. The van der Waals surface area contributed by atoms with Crippen LogP contribution in [0.2, 0.25) is 0 Å². The van der Waals surface area contributed by atoms with Crippen molar-refractivity contribution in [1.29, 1.82) is 0 Å². The highest BCUT2D eigenvalue weighted by atomic mass is 16.5. The molecule has 1 saturated heterocycles. The normalized spacial score (nSPS) is 45.4. The highest BCUT2D eigenvalue weighted by molar-refractivity contribution is 5.15. The van der Waals surface area contributed by atoms with Crippen LogP contribution in [-0.2, 0) is 4.74 Å². The van der Waals surface area contributed by atoms with Gasteiger partial charge in [-0.3, -0.25) is 4.90 Å². The minimum absolute atomic E-state index is 0.148. The number of hydrogen-bond donors (Lipinski definition) is 1. The third-order valence-corrected chi connectivity index (χ3v) is 6.16. The number of fused-ring (bicyclic) bond motifs is 2. The predicted octanol–water partition coefficient (Wildman–Crippen LogP) is 1.51. The average Bonchev–Trinajstić information content (AvgIpc) is 2.74. The number of nitrogens with zero attached hydrogens (tertiary/aromatic N) is 1. The van der Waals surface area contributed by atoms with Gasteiger partial charge >= 0.3 is 0 Å². The number of hydrogen-bond acceptors (Lipinski definition) is 3. The van der Waals surface area contributed by atoms with E-state index >= 15 is 0 Å². The fourth-order valence-electron chi connectivity index (χ4n) is 4.80. The number of rotatable bonds is 2. The Labute approximate surface area is 104 Å². The van der Waals surface area contributed by atoms with E-state index in [-0.39, 0.29) is 5.41 Å². The van der Waals surface area contributed by atoms with Gasteiger partial charge in [0.25, 0.3) is 0 Å². The van der Waals surface area contributed by atoms with Crippen molar-refractivity contribution in [2.75, 3.05) is 32.9 Å². The molecule has 2 saturated carbocycles. The quantitative estimate of drug-likeness (QED) is 0.793. The molecule has 0 aromatic rings. The zero-order chi connectivity index (χ0) is 12.1. The number of aliphatic hydroxyl groups excluding tert-OH is 1. The maximum atomic E-state index is 10.0. The Balaban J connectivity index is 1.87. The third-order valence-electron chi connectivity index (χ3n) is 6.16. The standard InChI is InChI=1S/C14H25NO2/c1-13(2)11-3-4-14(13,10-16)12(9-11)15-5-7-17-8-6-15/h11-12,16H,3-10H2,1-2H3/t11-,12-,14-/m1/s1. The van der Waals surface area contributed by atoms with Crippen LogP contribution in [0.15, 0.2) is 0 Å². The first-order valence-corrected chi connectivity index (χ1v) is 7.04. The van der Waals surface area contributed by atoms with E-state index in [9.17, 15) is 5.11 Å². The van der Waals surface area contributed by atoms with E-state index in [4.69, 9.17) is 4.74 Å². The van der Waals surface area contributed by atoms with Crippen LogP contribution in [0.5, 0.6) is 0 Å². The zero-order valence-electron chi connectivity index (χ0n) is 11.1. The highest BCUT2D eigenvalue weighted by Gasteiger charge is 2.64. The minimum Gasteiger partial charge on any atom is -0.396 e. The molecule has 3 heteroatoms. The van der Waals surface area contributed by atoms with Crippen LogP contribution in [0.1, 0.15) is 33.1 Å². The first-order chi connectivity index (χ1) is 8.12. The summed E-state index contributed by atoms with van der Waals surface area (Å²) in [5.74, 6) is 0.808. The van der Waals surface area contributed by atoms with Crippen molar-refractivity contribution in [1.82, 2.24) is 4.90 Å². The molecule has 17 heavy (non-hydrogen) atoms. The maximum absolute atomic E-state index is 10.0. The number of ether oxygens (including phenoxy) is 1. The van der Waals surface area contributed by atoms with Crippen LogP contribution in [0.3, 0.4) is 0 Å². The summed E-state index contributed by atoms with van der Waals surface area (Å²) in [6, 6.07) is 0.588. The van der Waals surface area contributed by atoms with E-state index in [1.807, 2.05) is 0 Å². The van der Waals surface area contributed by atoms with E-state index in [0.29, 0.717) is 18.1 Å². The van der Waals surface area contributed by atoms with E-state index in [0.717, 1.165) is 32.2 Å². The second-order valence-corrected chi connectivity index (χ2v) is 6.67. The van der Waals surface area contributed by atoms with Gasteiger partial charge in [-0.1, -0.05) is 13.8 Å². The lowest BCUT2D eigenvalue weighted by Crippen LogP contribution is -2.54. The van der Waals surface area contributed by atoms with Crippen LogP contribution in [0.25, 0.3) is 0 Å². The molecule has 3 aliphatic rings. The summed E-state index contributed by atoms with van der Waals surface area (Å²) in [6.07, 6.45) is 3.81. The Morgan fingerprint density at radius 1 is 1.29 bits per heavy atom. The number of morpholine rings is 1. The molecule has 98 valence electrons. The molecule has 2 aliphatic carbocycles. The Morgan fingerprint density at radius 3 is 2.59 bits per heavy atom. The van der Waals surface area contributed by atoms with Gasteiger partial charge in [-0.25, -0.2) is 0 Å². The Hall–Kier alpha value is -0.120. The van der Waals surface area contributed by atoms with Gasteiger partial charge in [0.1, 0.15) is 0 Å². The first-order valence-electron chi connectivity index (χ1n) is 7.04. The van der Waals surface area contributed by atoms with Crippen molar-refractivity contribution in [2.45, 2.75) is 39.2 Å². The van der Waals surface area contributed by atoms with Crippen molar-refractivity contribution in [3.8, 4) is 0 Å². The SMILES string of the molecule is CC1(C)[C@@H]2CC[C@@]1(CO)[C@H](N1CCOCC1)C2. The molecule has 3 atom stereocenters. The summed E-state index contributed by atoms with van der Waals surface area (Å²) in [7, 11) is 0. The van der Waals surface area contributed by atoms with Crippen LogP contribution >= 0.6 is 0 Å². The first kappa shape index (κ1) is 11.9. The molecule has 2 bridgehead atoms.